The van der Waals surface area contributed by atoms with Gasteiger partial charge in [-0.2, -0.15) is 4.37 Å². The van der Waals surface area contributed by atoms with Crippen molar-refractivity contribution in [2.45, 2.75) is 43.0 Å². The standard InChI is InChI=1S/C12H17N5S2/c1-4-6-9-10(13-5-2)14-7-15-11(9)18-12-16-8(3)17-19-12/h7H,4-6H2,1-3H3,(H,13,14,15). The third-order valence-electron chi connectivity index (χ3n) is 2.44. The van der Waals surface area contributed by atoms with Crippen molar-refractivity contribution in [3.63, 3.8) is 0 Å². The van der Waals surface area contributed by atoms with Gasteiger partial charge < -0.3 is 5.32 Å². The highest BCUT2D eigenvalue weighted by atomic mass is 32.2. The van der Waals surface area contributed by atoms with Crippen molar-refractivity contribution in [3.8, 4) is 0 Å². The molecule has 1 N–H and O–H groups in total. The molecule has 0 unspecified atom stereocenters. The monoisotopic (exact) mass is 295 g/mol. The van der Waals surface area contributed by atoms with Gasteiger partial charge in [-0.15, -0.1) is 0 Å². The number of rotatable bonds is 6. The Hall–Kier alpha value is -1.21. The van der Waals surface area contributed by atoms with E-state index in [-0.39, 0.29) is 0 Å². The highest BCUT2D eigenvalue weighted by Gasteiger charge is 2.13. The van der Waals surface area contributed by atoms with Crippen LogP contribution in [0.3, 0.4) is 0 Å². The second-order valence-corrected chi connectivity index (χ2v) is 5.98. The highest BCUT2D eigenvalue weighted by molar-refractivity contribution is 8.00. The molecule has 0 aliphatic carbocycles. The zero-order valence-corrected chi connectivity index (χ0v) is 12.9. The smallest absolute Gasteiger partial charge is 0.176 e. The molecular weight excluding hydrogens is 278 g/mol. The van der Waals surface area contributed by atoms with E-state index in [4.69, 9.17) is 0 Å². The predicted molar refractivity (Wildman–Crippen MR) is 79.0 cm³/mol. The van der Waals surface area contributed by atoms with Gasteiger partial charge in [0.1, 0.15) is 23.0 Å². The topological polar surface area (TPSA) is 63.6 Å². The van der Waals surface area contributed by atoms with Gasteiger partial charge in [-0.05, 0) is 43.6 Å². The first-order valence-corrected chi connectivity index (χ1v) is 7.89. The third kappa shape index (κ3) is 3.63. The van der Waals surface area contributed by atoms with Crippen molar-refractivity contribution in [1.82, 2.24) is 19.3 Å². The fourth-order valence-corrected chi connectivity index (χ4v) is 3.37. The summed E-state index contributed by atoms with van der Waals surface area (Å²) in [5.41, 5.74) is 1.17. The summed E-state index contributed by atoms with van der Waals surface area (Å²) in [4.78, 5) is 13.1. The Morgan fingerprint density at radius 1 is 1.32 bits per heavy atom. The lowest BCUT2D eigenvalue weighted by molar-refractivity contribution is 0.855. The summed E-state index contributed by atoms with van der Waals surface area (Å²) in [6.45, 7) is 6.98. The quantitative estimate of drug-likeness (QED) is 0.826. The Morgan fingerprint density at radius 3 is 2.79 bits per heavy atom. The molecule has 19 heavy (non-hydrogen) atoms. The van der Waals surface area contributed by atoms with Gasteiger partial charge >= 0.3 is 0 Å². The Labute approximate surface area is 121 Å². The van der Waals surface area contributed by atoms with Crippen molar-refractivity contribution in [2.24, 2.45) is 0 Å². The number of aromatic nitrogens is 4. The molecule has 2 heterocycles. The van der Waals surface area contributed by atoms with Gasteiger partial charge in [0.15, 0.2) is 4.34 Å². The molecule has 2 aromatic rings. The van der Waals surface area contributed by atoms with Crippen molar-refractivity contribution in [3.05, 3.63) is 17.7 Å². The van der Waals surface area contributed by atoms with E-state index in [0.717, 1.165) is 40.4 Å². The van der Waals surface area contributed by atoms with Gasteiger partial charge in [0.05, 0.1) is 0 Å². The minimum absolute atomic E-state index is 0.811. The van der Waals surface area contributed by atoms with Crippen LogP contribution in [-0.2, 0) is 6.42 Å². The fraction of sp³-hybridized carbons (Fsp3) is 0.500. The number of hydrogen-bond acceptors (Lipinski definition) is 7. The molecule has 0 amide bonds. The first-order valence-electron chi connectivity index (χ1n) is 6.30. The van der Waals surface area contributed by atoms with Crippen LogP contribution in [0, 0.1) is 6.92 Å². The lowest BCUT2D eigenvalue weighted by atomic mass is 10.2. The average Bonchev–Trinajstić information content (AvgIpc) is 2.79. The summed E-state index contributed by atoms with van der Waals surface area (Å²) < 4.78 is 5.12. The van der Waals surface area contributed by atoms with E-state index in [2.05, 4.69) is 38.5 Å². The second kappa shape index (κ2) is 6.81. The van der Waals surface area contributed by atoms with Gasteiger partial charge in [0.2, 0.25) is 0 Å². The maximum Gasteiger partial charge on any atom is 0.176 e. The van der Waals surface area contributed by atoms with Crippen LogP contribution in [0.2, 0.25) is 0 Å². The Balaban J connectivity index is 2.29. The zero-order valence-electron chi connectivity index (χ0n) is 11.3. The van der Waals surface area contributed by atoms with Crippen molar-refractivity contribution in [2.75, 3.05) is 11.9 Å². The molecule has 0 aromatic carbocycles. The van der Waals surface area contributed by atoms with Crippen LogP contribution >= 0.6 is 23.3 Å². The van der Waals surface area contributed by atoms with E-state index in [9.17, 15) is 0 Å². The van der Waals surface area contributed by atoms with Gasteiger partial charge in [-0.25, -0.2) is 15.0 Å². The summed E-state index contributed by atoms with van der Waals surface area (Å²) in [6, 6.07) is 0. The van der Waals surface area contributed by atoms with Crippen molar-refractivity contribution in [1.29, 1.82) is 0 Å². The minimum atomic E-state index is 0.811. The summed E-state index contributed by atoms with van der Waals surface area (Å²) in [5.74, 6) is 1.74. The van der Waals surface area contributed by atoms with Crippen LogP contribution in [0.25, 0.3) is 0 Å². The maximum absolute atomic E-state index is 4.40. The molecule has 0 aliphatic rings. The van der Waals surface area contributed by atoms with E-state index >= 15 is 0 Å². The van der Waals surface area contributed by atoms with Crippen molar-refractivity contribution < 1.29 is 0 Å². The van der Waals surface area contributed by atoms with E-state index in [0.29, 0.717) is 0 Å². The molecule has 0 saturated heterocycles. The number of nitrogens with one attached hydrogen (secondary N) is 1. The fourth-order valence-electron chi connectivity index (χ4n) is 1.68. The van der Waals surface area contributed by atoms with E-state index in [1.54, 1.807) is 18.1 Å². The van der Waals surface area contributed by atoms with Crippen LogP contribution in [0.5, 0.6) is 0 Å². The number of hydrogen-bond donors (Lipinski definition) is 1. The number of anilines is 1. The van der Waals surface area contributed by atoms with Gasteiger partial charge in [-0.1, -0.05) is 13.3 Å². The molecule has 0 aliphatic heterocycles. The molecule has 5 nitrogen and oxygen atoms in total. The second-order valence-electron chi connectivity index (χ2n) is 4.00. The largest absolute Gasteiger partial charge is 0.370 e. The normalized spacial score (nSPS) is 10.7. The first-order chi connectivity index (χ1) is 9.24. The van der Waals surface area contributed by atoms with Crippen LogP contribution in [0.4, 0.5) is 5.82 Å². The lowest BCUT2D eigenvalue weighted by Crippen LogP contribution is -2.05. The summed E-state index contributed by atoms with van der Waals surface area (Å²) in [7, 11) is 0. The van der Waals surface area contributed by atoms with Gasteiger partial charge in [0.25, 0.3) is 0 Å². The minimum Gasteiger partial charge on any atom is -0.370 e. The van der Waals surface area contributed by atoms with Gasteiger partial charge in [0, 0.05) is 12.1 Å². The summed E-state index contributed by atoms with van der Waals surface area (Å²) in [6.07, 6.45) is 3.63. The van der Waals surface area contributed by atoms with Crippen molar-refractivity contribution >= 4 is 29.1 Å². The molecule has 0 spiro atoms. The summed E-state index contributed by atoms with van der Waals surface area (Å²) >= 11 is 2.98. The molecule has 2 rings (SSSR count). The molecular formula is C12H17N5S2. The first kappa shape index (κ1) is 14.2. The SMILES string of the molecule is CCCc1c(NCC)ncnc1Sc1nc(C)ns1. The predicted octanol–water partition coefficient (Wildman–Crippen LogP) is 3.17. The molecule has 0 radical (unpaired) electrons. The highest BCUT2D eigenvalue weighted by Crippen LogP contribution is 2.32. The molecule has 0 bridgehead atoms. The lowest BCUT2D eigenvalue weighted by Gasteiger charge is -2.11. The number of aryl methyl sites for hydroxylation is 1. The molecule has 0 fully saturated rings. The Kier molecular flexibility index (Phi) is 5.09. The van der Waals surface area contributed by atoms with E-state index in [1.165, 1.54) is 17.1 Å². The average molecular weight is 295 g/mol. The van der Waals surface area contributed by atoms with Crippen LogP contribution in [0.1, 0.15) is 31.7 Å². The number of nitrogens with zero attached hydrogens (tertiary/aromatic N) is 4. The van der Waals surface area contributed by atoms with E-state index < -0.39 is 0 Å². The van der Waals surface area contributed by atoms with E-state index in [1.807, 2.05) is 6.92 Å². The van der Waals surface area contributed by atoms with Crippen LogP contribution in [-0.4, -0.2) is 25.9 Å². The maximum atomic E-state index is 4.40. The molecule has 0 atom stereocenters. The third-order valence-corrected chi connectivity index (χ3v) is 4.33. The molecule has 2 aromatic heterocycles. The molecule has 102 valence electrons. The zero-order chi connectivity index (χ0) is 13.7. The summed E-state index contributed by atoms with van der Waals surface area (Å²) in [5, 5.41) is 4.27. The Morgan fingerprint density at radius 2 is 2.16 bits per heavy atom. The van der Waals surface area contributed by atoms with Crippen LogP contribution < -0.4 is 5.32 Å². The molecule has 7 heteroatoms. The van der Waals surface area contributed by atoms with Crippen LogP contribution in [0.15, 0.2) is 15.7 Å². The molecule has 0 saturated carbocycles. The van der Waals surface area contributed by atoms with Gasteiger partial charge in [-0.3, -0.25) is 0 Å². The Bertz CT molecular complexity index is 541.